The first kappa shape index (κ1) is 16.3. The molecule has 0 atom stereocenters. The summed E-state index contributed by atoms with van der Waals surface area (Å²) in [6.07, 6.45) is 3.30. The van der Waals surface area contributed by atoms with Crippen molar-refractivity contribution in [3.05, 3.63) is 66.7 Å². The molecule has 1 amide bonds. The molecule has 3 aliphatic rings. The topological polar surface area (TPSA) is 41.6 Å². The molecule has 1 aliphatic heterocycles. The summed E-state index contributed by atoms with van der Waals surface area (Å²) in [4.78, 5) is 11.4. The van der Waals surface area contributed by atoms with Gasteiger partial charge in [0.1, 0.15) is 12.4 Å². The van der Waals surface area contributed by atoms with Crippen LogP contribution in [-0.2, 0) is 11.3 Å². The van der Waals surface area contributed by atoms with E-state index in [4.69, 9.17) is 4.74 Å². The van der Waals surface area contributed by atoms with Gasteiger partial charge in [0.05, 0.1) is 0 Å². The van der Waals surface area contributed by atoms with E-state index in [0.29, 0.717) is 19.6 Å². The molecule has 4 nitrogen and oxygen atoms in total. The Hall–Kier alpha value is -2.59. The molecule has 1 heterocycles. The molecule has 4 rings (SSSR count). The second-order valence-electron chi connectivity index (χ2n) is 5.81. The molecule has 0 spiro atoms. The number of carbonyl (C=O) groups excluding carboxylic acids is 1. The van der Waals surface area contributed by atoms with Gasteiger partial charge in [0, 0.05) is 19.5 Å². The molecule has 2 aliphatic carbocycles. The zero-order valence-corrected chi connectivity index (χ0v) is 13.7. The van der Waals surface area contributed by atoms with E-state index in [9.17, 15) is 4.79 Å². The Morgan fingerprint density at radius 3 is 2.46 bits per heavy atom. The van der Waals surface area contributed by atoms with Crippen LogP contribution in [0, 0.1) is 0 Å². The van der Waals surface area contributed by atoms with Crippen molar-refractivity contribution in [1.29, 1.82) is 0 Å². The largest absolute Gasteiger partial charge is 0.490 e. The van der Waals surface area contributed by atoms with Crippen molar-refractivity contribution in [3.8, 4) is 16.9 Å². The Balaban J connectivity index is 0.000000231. The highest BCUT2D eigenvalue weighted by Crippen LogP contribution is 2.29. The summed E-state index contributed by atoms with van der Waals surface area (Å²) in [5, 5.41) is 1.69. The van der Waals surface area contributed by atoms with Gasteiger partial charge in [-0.15, -0.1) is 0 Å². The molecule has 0 bridgehead atoms. The van der Waals surface area contributed by atoms with Gasteiger partial charge in [0.25, 0.3) is 0 Å². The number of carbonyl (C=O) groups is 1. The van der Waals surface area contributed by atoms with E-state index in [2.05, 4.69) is 36.3 Å². The summed E-state index contributed by atoms with van der Waals surface area (Å²) in [6.45, 7) is 5.55. The molecule has 1 N–H and O–H groups in total. The van der Waals surface area contributed by atoms with Crippen LogP contribution in [0.4, 0.5) is 0 Å². The van der Waals surface area contributed by atoms with Crippen LogP contribution in [0.15, 0.2) is 61.2 Å². The quantitative estimate of drug-likeness (QED) is 0.706. The smallest absolute Gasteiger partial charge is 0.236 e. The lowest BCUT2D eigenvalue weighted by Gasteiger charge is -2.17. The molecule has 0 aromatic heterocycles. The molecule has 4 heteroatoms. The Morgan fingerprint density at radius 2 is 1.92 bits per heavy atom. The maximum absolute atomic E-state index is 11.4. The summed E-state index contributed by atoms with van der Waals surface area (Å²) in [5.41, 5.74) is 7.08. The number of amides is 1. The van der Waals surface area contributed by atoms with Crippen LogP contribution in [0.2, 0.25) is 0 Å². The van der Waals surface area contributed by atoms with Crippen molar-refractivity contribution in [2.24, 2.45) is 0 Å². The van der Waals surface area contributed by atoms with Gasteiger partial charge in [-0.05, 0) is 35.2 Å². The van der Waals surface area contributed by atoms with E-state index in [-0.39, 0.29) is 5.91 Å². The van der Waals surface area contributed by atoms with Gasteiger partial charge >= 0.3 is 0 Å². The molecule has 0 saturated carbocycles. The van der Waals surface area contributed by atoms with Crippen molar-refractivity contribution in [2.45, 2.75) is 19.4 Å². The number of hydrogen-bond acceptors (Lipinski definition) is 3. The van der Waals surface area contributed by atoms with E-state index in [0.717, 1.165) is 24.3 Å². The number of hydrazine groups is 1. The Labute approximate surface area is 142 Å². The lowest BCUT2D eigenvalue weighted by molar-refractivity contribution is -0.130. The lowest BCUT2D eigenvalue weighted by Crippen LogP contribution is -2.38. The van der Waals surface area contributed by atoms with Crippen molar-refractivity contribution in [3.63, 3.8) is 0 Å². The summed E-state index contributed by atoms with van der Waals surface area (Å²) >= 11 is 0. The minimum atomic E-state index is 0.175. The van der Waals surface area contributed by atoms with Crippen LogP contribution in [-0.4, -0.2) is 24.1 Å². The third-order valence-electron chi connectivity index (χ3n) is 4.03. The number of ether oxygens (including phenoxy) is 1. The van der Waals surface area contributed by atoms with E-state index in [1.165, 1.54) is 11.1 Å². The second kappa shape index (κ2) is 7.79. The van der Waals surface area contributed by atoms with Crippen molar-refractivity contribution >= 4 is 5.91 Å². The van der Waals surface area contributed by atoms with Crippen LogP contribution in [0.5, 0.6) is 5.75 Å². The van der Waals surface area contributed by atoms with Gasteiger partial charge in [0.2, 0.25) is 5.91 Å². The van der Waals surface area contributed by atoms with Crippen LogP contribution in [0.3, 0.4) is 0 Å². The maximum atomic E-state index is 11.4. The molecular formula is C20H22N2O2. The minimum Gasteiger partial charge on any atom is -0.490 e. The fourth-order valence-electron chi connectivity index (χ4n) is 2.57. The minimum absolute atomic E-state index is 0.175. The van der Waals surface area contributed by atoms with Crippen molar-refractivity contribution < 1.29 is 9.53 Å². The Kier molecular flexibility index (Phi) is 5.29. The molecule has 1 aromatic carbocycles. The summed E-state index contributed by atoms with van der Waals surface area (Å²) < 4.78 is 5.46. The highest BCUT2D eigenvalue weighted by molar-refractivity contribution is 5.77. The predicted octanol–water partition coefficient (Wildman–Crippen LogP) is 3.55. The highest BCUT2D eigenvalue weighted by Gasteiger charge is 2.19. The van der Waals surface area contributed by atoms with E-state index in [1.54, 1.807) is 11.1 Å². The molecule has 1 aromatic rings. The SMILES string of the molecule is C=CCOc1cccc(CNN2CCCC2=O)c1.c1cc2ccc1-2. The van der Waals surface area contributed by atoms with Crippen molar-refractivity contribution in [1.82, 2.24) is 10.4 Å². The molecule has 1 saturated heterocycles. The first-order valence-corrected chi connectivity index (χ1v) is 8.23. The normalized spacial score (nSPS) is 14.0. The first-order chi connectivity index (χ1) is 11.8. The van der Waals surface area contributed by atoms with E-state index >= 15 is 0 Å². The second-order valence-corrected chi connectivity index (χ2v) is 5.81. The summed E-state index contributed by atoms with van der Waals surface area (Å²) in [5.74, 6) is 0.996. The fraction of sp³-hybridized carbons (Fsp3) is 0.250. The number of hydrogen-bond donors (Lipinski definition) is 1. The third-order valence-corrected chi connectivity index (χ3v) is 4.03. The lowest BCUT2D eigenvalue weighted by atomic mass is 9.95. The zero-order valence-electron chi connectivity index (χ0n) is 13.7. The van der Waals surface area contributed by atoms with Gasteiger partial charge in [-0.3, -0.25) is 9.80 Å². The predicted molar refractivity (Wildman–Crippen MR) is 95.4 cm³/mol. The van der Waals surface area contributed by atoms with Gasteiger partial charge in [-0.2, -0.15) is 0 Å². The van der Waals surface area contributed by atoms with Gasteiger partial charge < -0.3 is 4.74 Å². The highest BCUT2D eigenvalue weighted by atomic mass is 16.5. The summed E-state index contributed by atoms with van der Waals surface area (Å²) in [6, 6.07) is 16.3. The zero-order chi connectivity index (χ0) is 16.8. The number of nitrogens with zero attached hydrogens (tertiary/aromatic N) is 1. The summed E-state index contributed by atoms with van der Waals surface area (Å²) in [7, 11) is 0. The van der Waals surface area contributed by atoms with Gasteiger partial charge in [0.15, 0.2) is 0 Å². The molecule has 0 unspecified atom stereocenters. The molecule has 24 heavy (non-hydrogen) atoms. The number of rotatable bonds is 6. The fourth-order valence-corrected chi connectivity index (χ4v) is 2.57. The Bertz CT molecular complexity index is 689. The molecule has 0 radical (unpaired) electrons. The molecule has 124 valence electrons. The molecular weight excluding hydrogens is 300 g/mol. The standard InChI is InChI=1S/C14H18N2O2.C6H4/c1-2-9-18-13-6-3-5-12(10-13)11-15-16-8-4-7-14(16)17;1-2-6-4-3-5(1)6/h2-3,5-6,10,15H,1,4,7-9,11H2;1-4H. The van der Waals surface area contributed by atoms with Gasteiger partial charge in [-0.1, -0.05) is 49.1 Å². The number of benzene rings is 2. The monoisotopic (exact) mass is 322 g/mol. The van der Waals surface area contributed by atoms with Gasteiger partial charge in [-0.25, -0.2) is 5.43 Å². The average molecular weight is 322 g/mol. The average Bonchev–Trinajstić information content (AvgIpc) is 3.00. The van der Waals surface area contributed by atoms with Crippen LogP contribution >= 0.6 is 0 Å². The third kappa shape index (κ3) is 4.03. The van der Waals surface area contributed by atoms with Crippen LogP contribution in [0.1, 0.15) is 18.4 Å². The van der Waals surface area contributed by atoms with Crippen molar-refractivity contribution in [2.75, 3.05) is 13.2 Å². The maximum Gasteiger partial charge on any atom is 0.236 e. The first-order valence-electron chi connectivity index (χ1n) is 8.23. The van der Waals surface area contributed by atoms with Crippen LogP contribution < -0.4 is 10.2 Å². The Morgan fingerprint density at radius 1 is 1.17 bits per heavy atom. The van der Waals surface area contributed by atoms with E-state index < -0.39 is 0 Å². The van der Waals surface area contributed by atoms with E-state index in [1.807, 2.05) is 24.3 Å². The number of nitrogens with one attached hydrogen (secondary N) is 1. The van der Waals surface area contributed by atoms with Crippen LogP contribution in [0.25, 0.3) is 11.1 Å². The number of fused-ring (bicyclic) bond motifs is 1. The molecule has 1 fully saturated rings.